The average molecular weight is 304 g/mol. The number of nitrogens with zero attached hydrogens (tertiary/aromatic N) is 1. The molecule has 2 nitrogen and oxygen atoms in total. The van der Waals surface area contributed by atoms with Crippen molar-refractivity contribution < 1.29 is 5.11 Å². The summed E-state index contributed by atoms with van der Waals surface area (Å²) in [6, 6.07) is 17.9. The van der Waals surface area contributed by atoms with Gasteiger partial charge in [-0.1, -0.05) is 61.0 Å². The van der Waals surface area contributed by atoms with Gasteiger partial charge in [-0.3, -0.25) is 4.90 Å². The molecule has 1 atom stereocenters. The summed E-state index contributed by atoms with van der Waals surface area (Å²) in [7, 11) is 0. The Labute approximate surface area is 132 Å². The minimum atomic E-state index is -0.464. The molecule has 3 heteroatoms. The Hall–Kier alpha value is -1.35. The molecule has 21 heavy (non-hydrogen) atoms. The van der Waals surface area contributed by atoms with Crippen molar-refractivity contribution in [2.75, 3.05) is 13.1 Å². The summed E-state index contributed by atoms with van der Waals surface area (Å²) < 4.78 is 0. The molecule has 0 aromatic heterocycles. The molecule has 0 heterocycles. The summed E-state index contributed by atoms with van der Waals surface area (Å²) in [6.45, 7) is 4.89. The van der Waals surface area contributed by atoms with Crippen LogP contribution in [0.4, 0.5) is 0 Å². The van der Waals surface area contributed by atoms with E-state index in [0.717, 1.165) is 25.2 Å². The van der Waals surface area contributed by atoms with E-state index in [9.17, 15) is 5.11 Å². The second-order valence-corrected chi connectivity index (χ2v) is 5.65. The summed E-state index contributed by atoms with van der Waals surface area (Å²) in [4.78, 5) is 2.34. The van der Waals surface area contributed by atoms with Gasteiger partial charge in [-0.2, -0.15) is 0 Å². The second-order valence-electron chi connectivity index (χ2n) is 5.21. The van der Waals surface area contributed by atoms with Crippen LogP contribution in [-0.2, 0) is 6.54 Å². The summed E-state index contributed by atoms with van der Waals surface area (Å²) in [5, 5.41) is 10.9. The molecule has 0 fully saturated rings. The molecule has 0 bridgehead atoms. The van der Waals surface area contributed by atoms with Crippen LogP contribution in [0, 0.1) is 0 Å². The van der Waals surface area contributed by atoms with Gasteiger partial charge in [-0.05, 0) is 36.2 Å². The maximum absolute atomic E-state index is 10.3. The van der Waals surface area contributed by atoms with Gasteiger partial charge in [0.25, 0.3) is 0 Å². The van der Waals surface area contributed by atoms with Crippen molar-refractivity contribution in [3.63, 3.8) is 0 Å². The number of aliphatic hydroxyl groups excluding tert-OH is 1. The van der Waals surface area contributed by atoms with Crippen LogP contribution in [-0.4, -0.2) is 23.1 Å². The predicted octanol–water partition coefficient (Wildman–Crippen LogP) is 4.29. The maximum Gasteiger partial charge on any atom is 0.0802 e. The van der Waals surface area contributed by atoms with Crippen molar-refractivity contribution in [2.45, 2.75) is 26.0 Å². The van der Waals surface area contributed by atoms with E-state index in [2.05, 4.69) is 36.1 Å². The highest BCUT2D eigenvalue weighted by atomic mass is 35.5. The van der Waals surface area contributed by atoms with Crippen LogP contribution in [0.3, 0.4) is 0 Å². The minimum absolute atomic E-state index is 0.464. The van der Waals surface area contributed by atoms with Gasteiger partial charge >= 0.3 is 0 Å². The van der Waals surface area contributed by atoms with Crippen LogP contribution in [0.5, 0.6) is 0 Å². The van der Waals surface area contributed by atoms with Gasteiger partial charge in [0.2, 0.25) is 0 Å². The third kappa shape index (κ3) is 5.16. The van der Waals surface area contributed by atoms with Gasteiger partial charge in [0, 0.05) is 18.1 Å². The van der Waals surface area contributed by atoms with Crippen LogP contribution in [0.15, 0.2) is 54.6 Å². The van der Waals surface area contributed by atoms with Crippen molar-refractivity contribution in [3.05, 3.63) is 70.7 Å². The summed E-state index contributed by atoms with van der Waals surface area (Å²) in [6.07, 6.45) is 0.245. The normalized spacial score (nSPS) is 12.6. The molecule has 0 radical (unpaired) electrons. The molecule has 0 amide bonds. The van der Waals surface area contributed by atoms with Crippen molar-refractivity contribution >= 4 is 11.6 Å². The van der Waals surface area contributed by atoms with E-state index in [1.54, 1.807) is 0 Å². The van der Waals surface area contributed by atoms with E-state index in [1.807, 2.05) is 30.3 Å². The van der Waals surface area contributed by atoms with E-state index in [4.69, 9.17) is 11.6 Å². The van der Waals surface area contributed by atoms with Gasteiger partial charge in [-0.25, -0.2) is 0 Å². The number of halogens is 1. The zero-order valence-electron chi connectivity index (χ0n) is 12.4. The van der Waals surface area contributed by atoms with E-state index in [0.29, 0.717) is 11.4 Å². The number of hydrogen-bond donors (Lipinski definition) is 1. The Balaban J connectivity index is 1.88. The van der Waals surface area contributed by atoms with Crippen molar-refractivity contribution in [1.82, 2.24) is 4.90 Å². The quantitative estimate of drug-likeness (QED) is 0.825. The molecule has 0 aliphatic rings. The van der Waals surface area contributed by atoms with Gasteiger partial charge in [-0.15, -0.1) is 0 Å². The summed E-state index contributed by atoms with van der Waals surface area (Å²) >= 11 is 5.96. The fourth-order valence-corrected chi connectivity index (χ4v) is 2.57. The van der Waals surface area contributed by atoms with Gasteiger partial charge in [0.1, 0.15) is 0 Å². The van der Waals surface area contributed by atoms with Gasteiger partial charge in [0.15, 0.2) is 0 Å². The van der Waals surface area contributed by atoms with Crippen LogP contribution in [0.25, 0.3) is 0 Å². The lowest BCUT2D eigenvalue weighted by Crippen LogP contribution is -2.25. The Morgan fingerprint density at radius 2 is 1.86 bits per heavy atom. The van der Waals surface area contributed by atoms with Crippen LogP contribution in [0.1, 0.15) is 30.6 Å². The van der Waals surface area contributed by atoms with Gasteiger partial charge < -0.3 is 5.11 Å². The van der Waals surface area contributed by atoms with Crippen LogP contribution < -0.4 is 0 Å². The van der Waals surface area contributed by atoms with E-state index >= 15 is 0 Å². The fourth-order valence-electron chi connectivity index (χ4n) is 2.38. The predicted molar refractivity (Wildman–Crippen MR) is 88.4 cm³/mol. The first-order valence-corrected chi connectivity index (χ1v) is 7.76. The molecular formula is C18H22ClNO. The minimum Gasteiger partial charge on any atom is -0.388 e. The van der Waals surface area contributed by atoms with Crippen molar-refractivity contribution in [1.29, 1.82) is 0 Å². The summed E-state index contributed by atoms with van der Waals surface area (Å²) in [5.41, 5.74) is 2.19. The first-order valence-electron chi connectivity index (χ1n) is 7.39. The number of aliphatic hydroxyl groups is 1. The van der Waals surface area contributed by atoms with Crippen LogP contribution >= 0.6 is 11.6 Å². The lowest BCUT2D eigenvalue weighted by molar-refractivity contribution is 0.141. The number of rotatable bonds is 7. The molecule has 2 rings (SSSR count). The van der Waals surface area contributed by atoms with Crippen molar-refractivity contribution in [2.24, 2.45) is 0 Å². The zero-order chi connectivity index (χ0) is 15.1. The first kappa shape index (κ1) is 16.0. The standard InChI is InChI=1S/C18H22ClNO/c1-2-20(14-15-7-4-3-5-8-15)12-11-18(21)16-9-6-10-17(19)13-16/h3-10,13,18,21H,2,11-12,14H2,1H3. The second kappa shape index (κ2) is 8.18. The van der Waals surface area contributed by atoms with E-state index in [1.165, 1.54) is 5.56 Å². The third-order valence-electron chi connectivity index (χ3n) is 3.65. The summed E-state index contributed by atoms with van der Waals surface area (Å²) in [5.74, 6) is 0. The number of benzene rings is 2. The first-order chi connectivity index (χ1) is 10.2. The van der Waals surface area contributed by atoms with Gasteiger partial charge in [0.05, 0.1) is 6.10 Å². The number of hydrogen-bond acceptors (Lipinski definition) is 2. The smallest absolute Gasteiger partial charge is 0.0802 e. The molecule has 1 unspecified atom stereocenters. The molecule has 0 saturated heterocycles. The van der Waals surface area contributed by atoms with E-state index in [-0.39, 0.29) is 0 Å². The molecule has 0 saturated carbocycles. The lowest BCUT2D eigenvalue weighted by atomic mass is 10.1. The molecule has 2 aromatic carbocycles. The molecular weight excluding hydrogens is 282 g/mol. The van der Waals surface area contributed by atoms with Crippen molar-refractivity contribution in [3.8, 4) is 0 Å². The molecule has 2 aromatic rings. The topological polar surface area (TPSA) is 23.5 Å². The third-order valence-corrected chi connectivity index (χ3v) is 3.88. The Bertz CT molecular complexity index is 544. The highest BCUT2D eigenvalue weighted by molar-refractivity contribution is 6.30. The average Bonchev–Trinajstić information content (AvgIpc) is 2.52. The molecule has 0 spiro atoms. The van der Waals surface area contributed by atoms with Crippen LogP contribution in [0.2, 0.25) is 5.02 Å². The fraction of sp³-hybridized carbons (Fsp3) is 0.333. The Morgan fingerprint density at radius 3 is 2.52 bits per heavy atom. The van der Waals surface area contributed by atoms with E-state index < -0.39 is 6.10 Å². The molecule has 0 aliphatic heterocycles. The largest absolute Gasteiger partial charge is 0.388 e. The molecule has 112 valence electrons. The zero-order valence-corrected chi connectivity index (χ0v) is 13.1. The SMILES string of the molecule is CCN(CCC(O)c1cccc(Cl)c1)Cc1ccccc1. The highest BCUT2D eigenvalue weighted by Crippen LogP contribution is 2.20. The Kier molecular flexibility index (Phi) is 6.24. The monoisotopic (exact) mass is 303 g/mol. The maximum atomic E-state index is 10.3. The molecule has 0 aliphatic carbocycles. The highest BCUT2D eigenvalue weighted by Gasteiger charge is 2.11. The molecule has 1 N–H and O–H groups in total. The lowest BCUT2D eigenvalue weighted by Gasteiger charge is -2.22. The Morgan fingerprint density at radius 1 is 1.10 bits per heavy atom.